The second kappa shape index (κ2) is 7.55. The first kappa shape index (κ1) is 20.1. The molecule has 4 rings (SSSR count). The SMILES string of the molecule is Cc1c(C(=O)N2CCN(S(=O)(=O)c3ccccc3C#N)CC2)oc2c(F)cccc12. The summed E-state index contributed by atoms with van der Waals surface area (Å²) >= 11 is 0. The molecule has 154 valence electrons. The van der Waals surface area contributed by atoms with Gasteiger partial charge in [-0.3, -0.25) is 4.79 Å². The molecule has 30 heavy (non-hydrogen) atoms. The lowest BCUT2D eigenvalue weighted by molar-refractivity contribution is 0.0667. The number of halogens is 1. The zero-order chi connectivity index (χ0) is 21.5. The fourth-order valence-electron chi connectivity index (χ4n) is 3.61. The van der Waals surface area contributed by atoms with Crippen molar-refractivity contribution in [2.24, 2.45) is 0 Å². The van der Waals surface area contributed by atoms with Crippen molar-refractivity contribution in [3.8, 4) is 6.07 Å². The predicted octanol–water partition coefficient (Wildman–Crippen LogP) is 2.90. The van der Waals surface area contributed by atoms with E-state index in [0.717, 1.165) is 0 Å². The number of rotatable bonds is 3. The Bertz CT molecular complexity index is 1290. The van der Waals surface area contributed by atoms with Gasteiger partial charge >= 0.3 is 0 Å². The topological polar surface area (TPSA) is 94.6 Å². The molecule has 1 aromatic heterocycles. The van der Waals surface area contributed by atoms with E-state index in [4.69, 9.17) is 4.42 Å². The Kier molecular flexibility index (Phi) is 5.05. The Morgan fingerprint density at radius 3 is 2.47 bits per heavy atom. The highest BCUT2D eigenvalue weighted by Gasteiger charge is 2.33. The quantitative estimate of drug-likeness (QED) is 0.641. The van der Waals surface area contributed by atoms with Gasteiger partial charge in [0.15, 0.2) is 17.2 Å². The lowest BCUT2D eigenvalue weighted by Crippen LogP contribution is -2.50. The van der Waals surface area contributed by atoms with Gasteiger partial charge in [0.1, 0.15) is 6.07 Å². The van der Waals surface area contributed by atoms with Crippen LogP contribution in [-0.2, 0) is 10.0 Å². The van der Waals surface area contributed by atoms with E-state index < -0.39 is 21.7 Å². The first-order valence-electron chi connectivity index (χ1n) is 9.30. The van der Waals surface area contributed by atoms with Crippen molar-refractivity contribution in [2.45, 2.75) is 11.8 Å². The second-order valence-electron chi connectivity index (χ2n) is 6.98. The van der Waals surface area contributed by atoms with Crippen LogP contribution in [0.15, 0.2) is 51.8 Å². The van der Waals surface area contributed by atoms with Gasteiger partial charge in [-0.2, -0.15) is 9.57 Å². The first-order chi connectivity index (χ1) is 14.3. The molecule has 0 N–H and O–H groups in total. The standard InChI is InChI=1S/C21H18FN3O4S/c1-14-16-6-4-7-17(22)20(16)29-19(14)21(26)24-9-11-25(12-10-24)30(27,28)18-8-3-2-5-15(18)13-23/h2-8H,9-12H2,1H3. The van der Waals surface area contributed by atoms with Crippen molar-refractivity contribution in [1.29, 1.82) is 5.26 Å². The summed E-state index contributed by atoms with van der Waals surface area (Å²) < 4.78 is 46.6. The molecule has 1 aliphatic heterocycles. The summed E-state index contributed by atoms with van der Waals surface area (Å²) in [4.78, 5) is 14.4. The van der Waals surface area contributed by atoms with E-state index in [2.05, 4.69) is 0 Å². The van der Waals surface area contributed by atoms with Gasteiger partial charge < -0.3 is 9.32 Å². The van der Waals surface area contributed by atoms with Crippen molar-refractivity contribution >= 4 is 26.9 Å². The van der Waals surface area contributed by atoms with Crippen LogP contribution >= 0.6 is 0 Å². The van der Waals surface area contributed by atoms with Crippen LogP contribution in [0, 0.1) is 24.1 Å². The number of para-hydroxylation sites is 1. The summed E-state index contributed by atoms with van der Waals surface area (Å²) in [5.74, 6) is -0.888. The smallest absolute Gasteiger partial charge is 0.289 e. The van der Waals surface area contributed by atoms with Crippen LogP contribution in [-0.4, -0.2) is 49.7 Å². The maximum Gasteiger partial charge on any atom is 0.289 e. The molecule has 0 radical (unpaired) electrons. The first-order valence-corrected chi connectivity index (χ1v) is 10.7. The molecule has 2 aromatic carbocycles. The van der Waals surface area contributed by atoms with E-state index in [1.807, 2.05) is 6.07 Å². The number of carbonyl (C=O) groups excluding carboxylic acids is 1. The zero-order valence-electron chi connectivity index (χ0n) is 16.1. The molecule has 0 atom stereocenters. The van der Waals surface area contributed by atoms with Crippen molar-refractivity contribution < 1.29 is 22.0 Å². The number of hydrogen-bond acceptors (Lipinski definition) is 5. The number of aryl methyl sites for hydroxylation is 1. The summed E-state index contributed by atoms with van der Waals surface area (Å²) in [6, 6.07) is 12.4. The molecule has 1 amide bonds. The van der Waals surface area contributed by atoms with Crippen molar-refractivity contribution in [2.75, 3.05) is 26.2 Å². The maximum atomic E-state index is 14.0. The lowest BCUT2D eigenvalue weighted by atomic mass is 10.1. The normalized spacial score (nSPS) is 15.3. The molecular formula is C21H18FN3O4S. The van der Waals surface area contributed by atoms with E-state index in [0.29, 0.717) is 10.9 Å². The molecule has 7 nitrogen and oxygen atoms in total. The molecule has 2 heterocycles. The Labute approximate surface area is 173 Å². The molecule has 9 heteroatoms. The molecule has 1 saturated heterocycles. The Balaban J connectivity index is 1.54. The lowest BCUT2D eigenvalue weighted by Gasteiger charge is -2.33. The number of nitriles is 1. The predicted molar refractivity (Wildman–Crippen MR) is 107 cm³/mol. The number of piperazine rings is 1. The highest BCUT2D eigenvalue weighted by atomic mass is 32.2. The van der Waals surface area contributed by atoms with Crippen LogP contribution in [0.3, 0.4) is 0 Å². The molecule has 0 spiro atoms. The van der Waals surface area contributed by atoms with E-state index in [1.165, 1.54) is 27.4 Å². The van der Waals surface area contributed by atoms with E-state index >= 15 is 0 Å². The van der Waals surface area contributed by atoms with Gasteiger partial charge in [0.05, 0.1) is 10.5 Å². The van der Waals surface area contributed by atoms with Crippen LogP contribution in [0.1, 0.15) is 21.7 Å². The number of sulfonamides is 1. The average molecular weight is 427 g/mol. The molecule has 0 bridgehead atoms. The summed E-state index contributed by atoms with van der Waals surface area (Å²) in [6.07, 6.45) is 0. The van der Waals surface area contributed by atoms with Crippen molar-refractivity contribution in [3.05, 3.63) is 65.2 Å². The Morgan fingerprint density at radius 2 is 1.80 bits per heavy atom. The Hall–Kier alpha value is -3.22. The van der Waals surface area contributed by atoms with Crippen LogP contribution in [0.5, 0.6) is 0 Å². The summed E-state index contributed by atoms with van der Waals surface area (Å²) in [5.41, 5.74) is 0.663. The third-order valence-electron chi connectivity index (χ3n) is 5.26. The molecule has 1 aliphatic rings. The summed E-state index contributed by atoms with van der Waals surface area (Å²) in [6.45, 7) is 2.18. The van der Waals surface area contributed by atoms with E-state index in [9.17, 15) is 22.9 Å². The van der Waals surface area contributed by atoms with Gasteiger partial charge in [-0.05, 0) is 25.1 Å². The van der Waals surface area contributed by atoms with Gasteiger partial charge in [-0.25, -0.2) is 12.8 Å². The van der Waals surface area contributed by atoms with Gasteiger partial charge in [-0.1, -0.05) is 24.3 Å². The van der Waals surface area contributed by atoms with Gasteiger partial charge in [0, 0.05) is 37.1 Å². The summed E-state index contributed by atoms with van der Waals surface area (Å²) in [5, 5.41) is 9.74. The van der Waals surface area contributed by atoms with Crippen molar-refractivity contribution in [1.82, 2.24) is 9.21 Å². The van der Waals surface area contributed by atoms with Gasteiger partial charge in [0.25, 0.3) is 5.91 Å². The highest BCUT2D eigenvalue weighted by Crippen LogP contribution is 2.29. The average Bonchev–Trinajstić information content (AvgIpc) is 3.11. The number of fused-ring (bicyclic) bond motifs is 1. The number of furan rings is 1. The van der Waals surface area contributed by atoms with Crippen molar-refractivity contribution in [3.63, 3.8) is 0 Å². The monoisotopic (exact) mass is 427 g/mol. The molecule has 0 aliphatic carbocycles. The minimum absolute atomic E-state index is 0.0349. The molecular weight excluding hydrogens is 409 g/mol. The third kappa shape index (κ3) is 3.24. The summed E-state index contributed by atoms with van der Waals surface area (Å²) in [7, 11) is -3.85. The molecule has 3 aromatic rings. The molecule has 0 unspecified atom stereocenters. The zero-order valence-corrected chi connectivity index (χ0v) is 16.9. The maximum absolute atomic E-state index is 14.0. The number of hydrogen-bond donors (Lipinski definition) is 0. The van der Waals surface area contributed by atoms with Gasteiger partial charge in [-0.15, -0.1) is 0 Å². The Morgan fingerprint density at radius 1 is 1.10 bits per heavy atom. The van der Waals surface area contributed by atoms with Crippen LogP contribution in [0.2, 0.25) is 0 Å². The number of benzene rings is 2. The van der Waals surface area contributed by atoms with Gasteiger partial charge in [0.2, 0.25) is 10.0 Å². The fraction of sp³-hybridized carbons (Fsp3) is 0.238. The fourth-order valence-corrected chi connectivity index (χ4v) is 5.18. The largest absolute Gasteiger partial charge is 0.448 e. The minimum Gasteiger partial charge on any atom is -0.448 e. The number of carbonyl (C=O) groups is 1. The van der Waals surface area contributed by atoms with Crippen LogP contribution in [0.25, 0.3) is 11.0 Å². The third-order valence-corrected chi connectivity index (χ3v) is 7.22. The minimum atomic E-state index is -3.85. The highest BCUT2D eigenvalue weighted by molar-refractivity contribution is 7.89. The molecule has 0 saturated carbocycles. The number of nitrogens with zero attached hydrogens (tertiary/aromatic N) is 3. The molecule has 1 fully saturated rings. The van der Waals surface area contributed by atoms with E-state index in [1.54, 1.807) is 31.2 Å². The second-order valence-corrected chi connectivity index (χ2v) is 8.88. The van der Waals surface area contributed by atoms with Crippen LogP contribution in [0.4, 0.5) is 4.39 Å². The number of amides is 1. The van der Waals surface area contributed by atoms with Crippen LogP contribution < -0.4 is 0 Å². The van der Waals surface area contributed by atoms with E-state index in [-0.39, 0.29) is 48.0 Å².